The normalized spacial score (nSPS) is 17.5. The lowest BCUT2D eigenvalue weighted by molar-refractivity contribution is -0.137. The highest BCUT2D eigenvalue weighted by molar-refractivity contribution is 7.92. The summed E-state index contributed by atoms with van der Waals surface area (Å²) >= 11 is 0. The van der Waals surface area contributed by atoms with Gasteiger partial charge in [-0.05, 0) is 42.6 Å². The topological polar surface area (TPSA) is 86.7 Å². The summed E-state index contributed by atoms with van der Waals surface area (Å²) in [6.45, 7) is 0.726. The van der Waals surface area contributed by atoms with Crippen molar-refractivity contribution in [3.63, 3.8) is 0 Å². The van der Waals surface area contributed by atoms with Crippen molar-refractivity contribution >= 4 is 21.7 Å². The minimum Gasteiger partial charge on any atom is -0.481 e. The molecule has 2 aromatic carbocycles. The molecule has 0 bridgehead atoms. The number of hydrogen-bond acceptors (Lipinski definition) is 4. The molecule has 0 saturated carbocycles. The maximum Gasteiger partial charge on any atom is 0.303 e. The summed E-state index contributed by atoms with van der Waals surface area (Å²) in [5.74, 6) is -0.755. The van der Waals surface area contributed by atoms with E-state index in [2.05, 4.69) is 5.32 Å². The number of benzene rings is 2. The van der Waals surface area contributed by atoms with Crippen molar-refractivity contribution in [2.75, 3.05) is 17.9 Å². The molecule has 0 fully saturated rings. The van der Waals surface area contributed by atoms with Crippen LogP contribution in [0, 0.1) is 0 Å². The van der Waals surface area contributed by atoms with E-state index in [1.165, 1.54) is 4.31 Å². The van der Waals surface area contributed by atoms with Crippen LogP contribution in [0.2, 0.25) is 0 Å². The number of para-hydroxylation sites is 1. The zero-order valence-corrected chi connectivity index (χ0v) is 16.8. The molecule has 3 rings (SSSR count). The summed E-state index contributed by atoms with van der Waals surface area (Å²) in [6, 6.07) is 14.5. The monoisotopic (exact) mass is 402 g/mol. The number of unbranched alkanes of at least 4 members (excludes halogenated alkanes) is 3. The van der Waals surface area contributed by atoms with Crippen LogP contribution in [0.1, 0.15) is 49.3 Å². The first-order valence-corrected chi connectivity index (χ1v) is 11.0. The molecule has 150 valence electrons. The molecule has 0 aliphatic carbocycles. The minimum atomic E-state index is -3.62. The molecule has 7 heteroatoms. The van der Waals surface area contributed by atoms with E-state index in [0.29, 0.717) is 17.0 Å². The largest absolute Gasteiger partial charge is 0.481 e. The highest BCUT2D eigenvalue weighted by Crippen LogP contribution is 2.39. The minimum absolute atomic E-state index is 0.209. The van der Waals surface area contributed by atoms with Crippen LogP contribution in [0.15, 0.2) is 53.4 Å². The number of fused-ring (bicyclic) bond motifs is 2. The molecule has 1 aliphatic rings. The van der Waals surface area contributed by atoms with Crippen molar-refractivity contribution in [1.82, 2.24) is 5.32 Å². The van der Waals surface area contributed by atoms with Gasteiger partial charge < -0.3 is 10.4 Å². The number of sulfonamides is 1. The predicted octanol–water partition coefficient (Wildman–Crippen LogP) is 3.54. The molecule has 28 heavy (non-hydrogen) atoms. The fourth-order valence-electron chi connectivity index (χ4n) is 3.64. The van der Waals surface area contributed by atoms with Crippen LogP contribution in [-0.4, -0.2) is 33.1 Å². The Labute approximate surface area is 166 Å². The molecular weight excluding hydrogens is 376 g/mol. The summed E-state index contributed by atoms with van der Waals surface area (Å²) in [6.07, 6.45) is 3.62. The molecule has 0 saturated heterocycles. The molecule has 0 amide bonds. The number of carboxylic acids is 1. The highest BCUT2D eigenvalue weighted by atomic mass is 32.2. The number of nitrogens with zero attached hydrogens (tertiary/aromatic N) is 1. The van der Waals surface area contributed by atoms with E-state index in [-0.39, 0.29) is 12.5 Å². The molecule has 0 aromatic heterocycles. The molecular formula is C21H26N2O4S. The van der Waals surface area contributed by atoms with Crippen LogP contribution < -0.4 is 9.62 Å². The van der Waals surface area contributed by atoms with Crippen molar-refractivity contribution in [3.8, 4) is 0 Å². The van der Waals surface area contributed by atoms with E-state index in [1.54, 1.807) is 19.2 Å². The summed E-state index contributed by atoms with van der Waals surface area (Å²) in [5, 5.41) is 12.2. The summed E-state index contributed by atoms with van der Waals surface area (Å²) in [7, 11) is -2.02. The smallest absolute Gasteiger partial charge is 0.303 e. The molecule has 2 N–H and O–H groups in total. The van der Waals surface area contributed by atoms with Crippen LogP contribution >= 0.6 is 0 Å². The van der Waals surface area contributed by atoms with Crippen molar-refractivity contribution in [2.24, 2.45) is 0 Å². The van der Waals surface area contributed by atoms with E-state index >= 15 is 0 Å². The van der Waals surface area contributed by atoms with Crippen LogP contribution in [0.3, 0.4) is 0 Å². The number of rotatable bonds is 8. The third kappa shape index (κ3) is 4.20. The van der Waals surface area contributed by atoms with Gasteiger partial charge in [-0.2, -0.15) is 0 Å². The number of carboxylic acid groups (broad SMARTS) is 1. The van der Waals surface area contributed by atoms with Gasteiger partial charge in [-0.1, -0.05) is 49.2 Å². The van der Waals surface area contributed by atoms with Gasteiger partial charge in [0.1, 0.15) is 0 Å². The van der Waals surface area contributed by atoms with Gasteiger partial charge in [-0.3, -0.25) is 9.10 Å². The number of carbonyl (C=O) groups is 1. The average Bonchev–Trinajstić information content (AvgIpc) is 2.75. The number of nitrogens with one attached hydrogen (secondary N) is 1. The van der Waals surface area contributed by atoms with E-state index in [0.717, 1.165) is 36.9 Å². The molecule has 0 unspecified atom stereocenters. The number of aliphatic carboxylic acids is 1. The molecule has 6 nitrogen and oxygen atoms in total. The summed E-state index contributed by atoms with van der Waals surface area (Å²) in [4.78, 5) is 10.9. The van der Waals surface area contributed by atoms with Crippen LogP contribution in [0.4, 0.5) is 5.69 Å². The maximum absolute atomic E-state index is 13.1. The first-order valence-electron chi connectivity index (χ1n) is 9.55. The van der Waals surface area contributed by atoms with Gasteiger partial charge in [0.25, 0.3) is 10.0 Å². The SMILES string of the molecule is CN1c2ccccc2[C@H](NCCCCCCC(=O)O)c2ccccc2S1(=O)=O. The van der Waals surface area contributed by atoms with Gasteiger partial charge in [0.05, 0.1) is 16.6 Å². The summed E-state index contributed by atoms with van der Waals surface area (Å²) < 4.78 is 27.5. The quantitative estimate of drug-likeness (QED) is 0.660. The Morgan fingerprint density at radius 2 is 1.64 bits per heavy atom. The van der Waals surface area contributed by atoms with E-state index < -0.39 is 16.0 Å². The second kappa shape index (κ2) is 8.75. The van der Waals surface area contributed by atoms with Gasteiger partial charge in [-0.15, -0.1) is 0 Å². The highest BCUT2D eigenvalue weighted by Gasteiger charge is 2.34. The van der Waals surface area contributed by atoms with Gasteiger partial charge in [-0.25, -0.2) is 8.42 Å². The molecule has 0 radical (unpaired) electrons. The number of anilines is 1. The average molecular weight is 403 g/mol. The number of hydrogen-bond donors (Lipinski definition) is 2. The van der Waals surface area contributed by atoms with Crippen LogP contribution in [0.25, 0.3) is 0 Å². The fourth-order valence-corrected chi connectivity index (χ4v) is 5.09. The Kier molecular flexibility index (Phi) is 6.36. The molecule has 1 atom stereocenters. The van der Waals surface area contributed by atoms with Gasteiger partial charge >= 0.3 is 5.97 Å². The zero-order valence-electron chi connectivity index (χ0n) is 16.0. The second-order valence-electron chi connectivity index (χ2n) is 7.01. The zero-order chi connectivity index (χ0) is 20.1. The van der Waals surface area contributed by atoms with E-state index in [4.69, 9.17) is 5.11 Å². The third-order valence-corrected chi connectivity index (χ3v) is 6.97. The van der Waals surface area contributed by atoms with Crippen molar-refractivity contribution in [2.45, 2.75) is 43.0 Å². The maximum atomic E-state index is 13.1. The molecule has 1 heterocycles. The standard InChI is InChI=1S/C21H26N2O4S/c1-23-18-12-7-5-10-16(18)21(22-15-9-3-2-4-14-20(24)25)17-11-6-8-13-19(17)28(23,26)27/h5-8,10-13,21-22H,2-4,9,14-15H2,1H3,(H,24,25)/t21-/m0/s1. The van der Waals surface area contributed by atoms with Gasteiger partial charge in [0, 0.05) is 13.5 Å². The molecule has 2 aromatic rings. The predicted molar refractivity (Wildman–Crippen MR) is 109 cm³/mol. The van der Waals surface area contributed by atoms with Crippen molar-refractivity contribution < 1.29 is 18.3 Å². The first kappa shape index (κ1) is 20.4. The van der Waals surface area contributed by atoms with Crippen molar-refractivity contribution in [1.29, 1.82) is 0 Å². The van der Waals surface area contributed by atoms with E-state index in [1.807, 2.05) is 36.4 Å². The first-order chi connectivity index (χ1) is 13.4. The summed E-state index contributed by atoms with van der Waals surface area (Å²) in [5.41, 5.74) is 2.37. The fraction of sp³-hybridized carbons (Fsp3) is 0.381. The third-order valence-electron chi connectivity index (χ3n) is 5.12. The second-order valence-corrected chi connectivity index (χ2v) is 8.95. The lowest BCUT2D eigenvalue weighted by Crippen LogP contribution is -2.26. The Balaban J connectivity index is 1.81. The van der Waals surface area contributed by atoms with Crippen LogP contribution in [0.5, 0.6) is 0 Å². The molecule has 1 aliphatic heterocycles. The van der Waals surface area contributed by atoms with E-state index in [9.17, 15) is 13.2 Å². The van der Waals surface area contributed by atoms with Gasteiger partial charge in [0.2, 0.25) is 0 Å². The van der Waals surface area contributed by atoms with Crippen LogP contribution in [-0.2, 0) is 14.8 Å². The Hall–Kier alpha value is -2.38. The Morgan fingerprint density at radius 1 is 1.00 bits per heavy atom. The van der Waals surface area contributed by atoms with Crippen molar-refractivity contribution in [3.05, 3.63) is 59.7 Å². The molecule has 0 spiro atoms. The Morgan fingerprint density at radius 3 is 2.39 bits per heavy atom. The van der Waals surface area contributed by atoms with Gasteiger partial charge in [0.15, 0.2) is 0 Å². The lowest BCUT2D eigenvalue weighted by atomic mass is 9.96. The Bertz CT molecular complexity index is 943. The lowest BCUT2D eigenvalue weighted by Gasteiger charge is -2.22.